The molecule has 2 heterocycles. The Morgan fingerprint density at radius 2 is 2.24 bits per heavy atom. The monoisotopic (exact) mass is 406 g/mol. The lowest BCUT2D eigenvalue weighted by Crippen LogP contribution is -2.57. The molecule has 0 aromatic rings. The number of aliphatic imine (C=N–C) groups is 1. The van der Waals surface area contributed by atoms with E-state index in [1.807, 2.05) is 20.8 Å². The third-order valence-corrected chi connectivity index (χ3v) is 3.21. The number of guanidine groups is 1. The quantitative estimate of drug-likeness (QED) is 0.524. The van der Waals surface area contributed by atoms with Crippen molar-refractivity contribution in [1.29, 1.82) is 0 Å². The summed E-state index contributed by atoms with van der Waals surface area (Å²) in [6, 6.07) is 0.219. The first-order valence-corrected chi connectivity index (χ1v) is 6.87. The maximum Gasteiger partial charge on any atom is 0.410 e. The lowest BCUT2D eigenvalue weighted by molar-refractivity contribution is 0.0137. The molecule has 0 aromatic carbocycles. The SMILES string of the molecule is C#CCNC1=NCC2CN(C(=O)OC(C)(C)C)CCN12.I. The lowest BCUT2D eigenvalue weighted by atomic mass is 10.2. The molecule has 1 amide bonds. The normalized spacial score (nSPS) is 20.9. The number of rotatable bonds is 1. The molecule has 0 aromatic heterocycles. The van der Waals surface area contributed by atoms with Crippen LogP contribution in [0.4, 0.5) is 4.79 Å². The number of ether oxygens (including phenoxy) is 1. The summed E-state index contributed by atoms with van der Waals surface area (Å²) in [5.41, 5.74) is -0.458. The van der Waals surface area contributed by atoms with Gasteiger partial charge in [-0.3, -0.25) is 4.99 Å². The van der Waals surface area contributed by atoms with E-state index in [9.17, 15) is 4.79 Å². The van der Waals surface area contributed by atoms with Crippen molar-refractivity contribution in [2.75, 3.05) is 32.7 Å². The van der Waals surface area contributed by atoms with Gasteiger partial charge in [-0.05, 0) is 20.8 Å². The molecule has 0 saturated carbocycles. The van der Waals surface area contributed by atoms with Crippen LogP contribution in [-0.4, -0.2) is 66.2 Å². The van der Waals surface area contributed by atoms with Crippen molar-refractivity contribution in [2.24, 2.45) is 4.99 Å². The molecule has 1 atom stereocenters. The number of amides is 1. The molecule has 2 aliphatic rings. The summed E-state index contributed by atoms with van der Waals surface area (Å²) in [7, 11) is 0. The molecule has 0 bridgehead atoms. The molecule has 1 fully saturated rings. The van der Waals surface area contributed by atoms with Crippen molar-refractivity contribution in [1.82, 2.24) is 15.1 Å². The molecular formula is C14H23IN4O2. The van der Waals surface area contributed by atoms with Gasteiger partial charge in [0.15, 0.2) is 5.96 Å². The van der Waals surface area contributed by atoms with Crippen LogP contribution in [-0.2, 0) is 4.74 Å². The minimum atomic E-state index is -0.458. The smallest absolute Gasteiger partial charge is 0.410 e. The number of terminal acetylenes is 1. The van der Waals surface area contributed by atoms with E-state index in [4.69, 9.17) is 11.2 Å². The van der Waals surface area contributed by atoms with E-state index in [0.29, 0.717) is 26.2 Å². The molecule has 1 unspecified atom stereocenters. The number of carbonyl (C=O) groups is 1. The first-order chi connectivity index (χ1) is 9.40. The molecule has 1 saturated heterocycles. The summed E-state index contributed by atoms with van der Waals surface area (Å²) in [5, 5.41) is 3.12. The number of piperazine rings is 1. The van der Waals surface area contributed by atoms with Gasteiger partial charge >= 0.3 is 6.09 Å². The minimum Gasteiger partial charge on any atom is -0.444 e. The Morgan fingerprint density at radius 1 is 1.52 bits per heavy atom. The topological polar surface area (TPSA) is 57.2 Å². The highest BCUT2D eigenvalue weighted by Gasteiger charge is 2.36. The maximum absolute atomic E-state index is 12.1. The van der Waals surface area contributed by atoms with Gasteiger partial charge in [0, 0.05) is 19.6 Å². The van der Waals surface area contributed by atoms with Crippen molar-refractivity contribution in [3.05, 3.63) is 0 Å². The molecule has 2 aliphatic heterocycles. The Morgan fingerprint density at radius 3 is 2.86 bits per heavy atom. The molecule has 0 radical (unpaired) electrons. The highest BCUT2D eigenvalue weighted by molar-refractivity contribution is 14.0. The van der Waals surface area contributed by atoms with Crippen molar-refractivity contribution in [2.45, 2.75) is 32.4 Å². The summed E-state index contributed by atoms with van der Waals surface area (Å²) in [6.07, 6.45) is 4.99. The van der Waals surface area contributed by atoms with Gasteiger partial charge < -0.3 is 19.9 Å². The third kappa shape index (κ3) is 4.66. The fourth-order valence-corrected chi connectivity index (χ4v) is 2.35. The lowest BCUT2D eigenvalue weighted by Gasteiger charge is -2.39. The van der Waals surface area contributed by atoms with Crippen LogP contribution in [0, 0.1) is 12.3 Å². The minimum absolute atomic E-state index is 0. The fraction of sp³-hybridized carbons (Fsp3) is 0.714. The Labute approximate surface area is 143 Å². The molecule has 1 N–H and O–H groups in total. The van der Waals surface area contributed by atoms with Crippen LogP contribution >= 0.6 is 24.0 Å². The van der Waals surface area contributed by atoms with E-state index >= 15 is 0 Å². The maximum atomic E-state index is 12.1. The van der Waals surface area contributed by atoms with Gasteiger partial charge in [-0.2, -0.15) is 0 Å². The molecule has 2 rings (SSSR count). The van der Waals surface area contributed by atoms with Crippen LogP contribution in [0.15, 0.2) is 4.99 Å². The van der Waals surface area contributed by atoms with Gasteiger partial charge in [0.2, 0.25) is 0 Å². The number of hydrogen-bond acceptors (Lipinski definition) is 5. The van der Waals surface area contributed by atoms with Gasteiger partial charge in [0.25, 0.3) is 0 Å². The van der Waals surface area contributed by atoms with Gasteiger partial charge in [-0.1, -0.05) is 5.92 Å². The van der Waals surface area contributed by atoms with E-state index in [1.54, 1.807) is 4.90 Å². The van der Waals surface area contributed by atoms with Crippen molar-refractivity contribution < 1.29 is 9.53 Å². The van der Waals surface area contributed by atoms with Crippen molar-refractivity contribution >= 4 is 36.0 Å². The van der Waals surface area contributed by atoms with Crippen LogP contribution in [0.2, 0.25) is 0 Å². The molecule has 21 heavy (non-hydrogen) atoms. The van der Waals surface area contributed by atoms with E-state index < -0.39 is 5.60 Å². The van der Waals surface area contributed by atoms with E-state index in [1.165, 1.54) is 0 Å². The van der Waals surface area contributed by atoms with E-state index in [0.717, 1.165) is 12.5 Å². The predicted molar refractivity (Wildman–Crippen MR) is 92.9 cm³/mol. The first-order valence-electron chi connectivity index (χ1n) is 6.87. The number of fused-ring (bicyclic) bond motifs is 1. The largest absolute Gasteiger partial charge is 0.444 e. The molecule has 6 nitrogen and oxygen atoms in total. The standard InChI is InChI=1S/C14H22N4O2.HI/c1-5-6-15-12-16-9-11-10-17(7-8-18(11)12)13(19)20-14(2,3)4;/h1,11H,6-10H2,2-4H3,(H,15,16);1H. The van der Waals surface area contributed by atoms with Crippen LogP contribution in [0.3, 0.4) is 0 Å². The number of hydrogen-bond donors (Lipinski definition) is 1. The van der Waals surface area contributed by atoms with Gasteiger partial charge in [-0.25, -0.2) is 4.79 Å². The van der Waals surface area contributed by atoms with Crippen molar-refractivity contribution in [3.8, 4) is 12.3 Å². The van der Waals surface area contributed by atoms with Gasteiger partial charge in [0.05, 0.1) is 19.1 Å². The summed E-state index contributed by atoms with van der Waals surface area (Å²) in [6.45, 7) is 8.82. The van der Waals surface area contributed by atoms with Crippen LogP contribution < -0.4 is 5.32 Å². The highest BCUT2D eigenvalue weighted by atomic mass is 127. The fourth-order valence-electron chi connectivity index (χ4n) is 2.35. The van der Waals surface area contributed by atoms with E-state index in [2.05, 4.69) is 21.1 Å². The molecule has 0 aliphatic carbocycles. The predicted octanol–water partition coefficient (Wildman–Crippen LogP) is 1.12. The zero-order valence-electron chi connectivity index (χ0n) is 12.8. The second-order valence-electron chi connectivity index (χ2n) is 6.00. The second-order valence-corrected chi connectivity index (χ2v) is 6.00. The number of nitrogens with one attached hydrogen (secondary N) is 1. The Balaban J connectivity index is 0.00000220. The van der Waals surface area contributed by atoms with Crippen LogP contribution in [0.5, 0.6) is 0 Å². The zero-order chi connectivity index (χ0) is 14.8. The van der Waals surface area contributed by atoms with Crippen LogP contribution in [0.1, 0.15) is 20.8 Å². The second kappa shape index (κ2) is 7.20. The average Bonchev–Trinajstić information content (AvgIpc) is 2.76. The summed E-state index contributed by atoms with van der Waals surface area (Å²) >= 11 is 0. The Kier molecular flexibility index (Phi) is 6.13. The van der Waals surface area contributed by atoms with Gasteiger partial charge in [0.1, 0.15) is 5.60 Å². The number of halogens is 1. The van der Waals surface area contributed by atoms with Crippen LogP contribution in [0.25, 0.3) is 0 Å². The third-order valence-electron chi connectivity index (χ3n) is 3.21. The van der Waals surface area contributed by atoms with Gasteiger partial charge in [-0.15, -0.1) is 30.4 Å². The molecular weight excluding hydrogens is 383 g/mol. The average molecular weight is 406 g/mol. The molecule has 118 valence electrons. The van der Waals surface area contributed by atoms with Crippen molar-refractivity contribution in [3.63, 3.8) is 0 Å². The zero-order valence-corrected chi connectivity index (χ0v) is 15.1. The molecule has 0 spiro atoms. The first kappa shape index (κ1) is 17.9. The summed E-state index contributed by atoms with van der Waals surface area (Å²) in [4.78, 5) is 20.4. The Hall–Kier alpha value is -1.17. The summed E-state index contributed by atoms with van der Waals surface area (Å²) in [5.74, 6) is 3.38. The van der Waals surface area contributed by atoms with E-state index in [-0.39, 0.29) is 36.1 Å². The highest BCUT2D eigenvalue weighted by Crippen LogP contribution is 2.18. The number of carbonyl (C=O) groups excluding carboxylic acids is 1. The molecule has 7 heteroatoms. The Bertz CT molecular complexity index is 453. The summed E-state index contributed by atoms with van der Waals surface area (Å²) < 4.78 is 5.41. The number of nitrogens with zero attached hydrogens (tertiary/aromatic N) is 3.